The maximum Gasteiger partial charge on any atom is 0.410 e. The average molecular weight is 367 g/mol. The van der Waals surface area contributed by atoms with Crippen molar-refractivity contribution >= 4 is 29.3 Å². The molecular weight excluding hydrogens is 344 g/mol. The van der Waals surface area contributed by atoms with E-state index in [-0.39, 0.29) is 17.2 Å². The summed E-state index contributed by atoms with van der Waals surface area (Å²) in [6.45, 7) is 7.88. The molecule has 0 bridgehead atoms. The van der Waals surface area contributed by atoms with E-state index in [2.05, 4.69) is 14.9 Å². The first-order valence-electron chi connectivity index (χ1n) is 8.57. The zero-order valence-electron chi connectivity index (χ0n) is 14.8. The Bertz CT molecular complexity index is 694. The molecule has 0 unspecified atom stereocenters. The van der Waals surface area contributed by atoms with Crippen molar-refractivity contribution in [2.45, 2.75) is 45.6 Å². The Morgan fingerprint density at radius 3 is 2.44 bits per heavy atom. The summed E-state index contributed by atoms with van der Waals surface area (Å²) in [6, 6.07) is 0. The number of anilines is 1. The number of carbonyl (C=O) groups is 2. The smallest absolute Gasteiger partial charge is 0.410 e. The molecule has 0 aromatic carbocycles. The van der Waals surface area contributed by atoms with Gasteiger partial charge in [0, 0.05) is 38.2 Å². The van der Waals surface area contributed by atoms with E-state index < -0.39 is 5.60 Å². The van der Waals surface area contributed by atoms with Gasteiger partial charge in [-0.25, -0.2) is 14.8 Å². The Morgan fingerprint density at radius 2 is 1.80 bits per heavy atom. The monoisotopic (exact) mass is 366 g/mol. The third-order valence-electron chi connectivity index (χ3n) is 4.28. The van der Waals surface area contributed by atoms with Crippen LogP contribution in [0.4, 0.5) is 10.6 Å². The first-order valence-corrected chi connectivity index (χ1v) is 8.95. The van der Waals surface area contributed by atoms with E-state index in [9.17, 15) is 9.59 Å². The zero-order valence-corrected chi connectivity index (χ0v) is 15.6. The van der Waals surface area contributed by atoms with Crippen LogP contribution >= 0.6 is 11.6 Å². The Morgan fingerprint density at radius 1 is 1.12 bits per heavy atom. The highest BCUT2D eigenvalue weighted by molar-refractivity contribution is 6.28. The van der Waals surface area contributed by atoms with E-state index in [1.807, 2.05) is 20.8 Å². The SMILES string of the molecule is CC(C)(C)OC(=O)N1CCN(c2nc(Cl)nc3c2CCCC3=O)CC1. The van der Waals surface area contributed by atoms with Gasteiger partial charge in [0.1, 0.15) is 17.1 Å². The van der Waals surface area contributed by atoms with E-state index in [4.69, 9.17) is 16.3 Å². The molecule has 1 aliphatic heterocycles. The van der Waals surface area contributed by atoms with Gasteiger partial charge in [0.2, 0.25) is 5.28 Å². The molecule has 1 fully saturated rings. The number of rotatable bonds is 1. The summed E-state index contributed by atoms with van der Waals surface area (Å²) in [5, 5.41) is 0.0959. The summed E-state index contributed by atoms with van der Waals surface area (Å²) < 4.78 is 5.42. The van der Waals surface area contributed by atoms with Crippen molar-refractivity contribution in [3.8, 4) is 0 Å². The standard InChI is InChI=1S/C17H23ClN4O3/c1-17(2,3)25-16(24)22-9-7-21(8-10-22)14-11-5-4-6-12(23)13(11)19-15(18)20-14/h4-10H2,1-3H3. The molecule has 2 heterocycles. The van der Waals surface area contributed by atoms with Gasteiger partial charge in [0.25, 0.3) is 0 Å². The van der Waals surface area contributed by atoms with Gasteiger partial charge in [0.15, 0.2) is 5.78 Å². The van der Waals surface area contributed by atoms with Gasteiger partial charge < -0.3 is 14.5 Å². The van der Waals surface area contributed by atoms with Crippen LogP contribution in [0.5, 0.6) is 0 Å². The number of Topliss-reactive ketones (excluding diaryl/α,β-unsaturated/α-hetero) is 1. The molecule has 2 aliphatic rings. The third kappa shape index (κ3) is 4.03. The average Bonchev–Trinajstić information content (AvgIpc) is 2.54. The van der Waals surface area contributed by atoms with E-state index >= 15 is 0 Å². The molecule has 1 aromatic heterocycles. The van der Waals surface area contributed by atoms with Crippen LogP contribution in [0.25, 0.3) is 0 Å². The van der Waals surface area contributed by atoms with Gasteiger partial charge in [0.05, 0.1) is 0 Å². The van der Waals surface area contributed by atoms with Gasteiger partial charge in [-0.05, 0) is 45.2 Å². The minimum absolute atomic E-state index is 0.0270. The van der Waals surface area contributed by atoms with Gasteiger partial charge in [-0.15, -0.1) is 0 Å². The van der Waals surface area contributed by atoms with E-state index in [1.54, 1.807) is 4.90 Å². The quantitative estimate of drug-likeness (QED) is 0.711. The predicted octanol–water partition coefficient (Wildman–Crippen LogP) is 2.71. The van der Waals surface area contributed by atoms with Crippen LogP contribution in [-0.4, -0.2) is 58.5 Å². The number of nitrogens with zero attached hydrogens (tertiary/aromatic N) is 4. The first kappa shape index (κ1) is 17.9. The van der Waals surface area contributed by atoms with Crippen molar-refractivity contribution in [3.63, 3.8) is 0 Å². The van der Waals surface area contributed by atoms with E-state index in [0.717, 1.165) is 24.2 Å². The fourth-order valence-electron chi connectivity index (χ4n) is 3.14. The molecule has 1 aromatic rings. The van der Waals surface area contributed by atoms with Crippen LogP contribution in [0.1, 0.15) is 49.7 Å². The number of hydrogen-bond acceptors (Lipinski definition) is 6. The van der Waals surface area contributed by atoms with E-state index in [0.29, 0.717) is 38.3 Å². The second-order valence-electron chi connectivity index (χ2n) is 7.37. The number of hydrogen-bond donors (Lipinski definition) is 0. The molecule has 0 spiro atoms. The summed E-state index contributed by atoms with van der Waals surface area (Å²) >= 11 is 6.03. The molecule has 25 heavy (non-hydrogen) atoms. The highest BCUT2D eigenvalue weighted by atomic mass is 35.5. The molecule has 0 radical (unpaired) electrons. The number of aromatic nitrogens is 2. The van der Waals surface area contributed by atoms with Crippen molar-refractivity contribution in [1.29, 1.82) is 0 Å². The maximum absolute atomic E-state index is 12.2. The Hall–Kier alpha value is -1.89. The van der Waals surface area contributed by atoms with Gasteiger partial charge in [-0.2, -0.15) is 0 Å². The van der Waals surface area contributed by atoms with E-state index in [1.165, 1.54) is 0 Å². The molecular formula is C17H23ClN4O3. The number of halogens is 1. The van der Waals surface area contributed by atoms with Crippen molar-refractivity contribution in [1.82, 2.24) is 14.9 Å². The van der Waals surface area contributed by atoms with Crippen LogP contribution in [0.15, 0.2) is 0 Å². The third-order valence-corrected chi connectivity index (χ3v) is 4.45. The second kappa shape index (κ2) is 6.78. The molecule has 0 N–H and O–H groups in total. The van der Waals surface area contributed by atoms with Crippen molar-refractivity contribution in [2.75, 3.05) is 31.1 Å². The number of carbonyl (C=O) groups excluding carboxylic acids is 2. The highest BCUT2D eigenvalue weighted by Crippen LogP contribution is 2.30. The summed E-state index contributed by atoms with van der Waals surface area (Å²) in [7, 11) is 0. The summed E-state index contributed by atoms with van der Waals surface area (Å²) in [5.74, 6) is 0.756. The summed E-state index contributed by atoms with van der Waals surface area (Å²) in [6.07, 6.45) is 1.79. The molecule has 1 saturated heterocycles. The van der Waals surface area contributed by atoms with Gasteiger partial charge >= 0.3 is 6.09 Å². The Balaban J connectivity index is 1.74. The Kier molecular flexibility index (Phi) is 4.86. The van der Waals surface area contributed by atoms with Gasteiger partial charge in [-0.3, -0.25) is 4.79 Å². The topological polar surface area (TPSA) is 75.6 Å². The minimum atomic E-state index is -0.506. The number of fused-ring (bicyclic) bond motifs is 1. The lowest BCUT2D eigenvalue weighted by atomic mass is 9.95. The molecule has 0 saturated carbocycles. The number of amides is 1. The normalized spacial score (nSPS) is 18.2. The lowest BCUT2D eigenvalue weighted by Crippen LogP contribution is -2.50. The number of ketones is 1. The van der Waals surface area contributed by atoms with Gasteiger partial charge in [-0.1, -0.05) is 0 Å². The predicted molar refractivity (Wildman–Crippen MR) is 94.3 cm³/mol. The van der Waals surface area contributed by atoms with Crippen LogP contribution in [0, 0.1) is 0 Å². The van der Waals surface area contributed by atoms with Crippen LogP contribution < -0.4 is 4.90 Å². The van der Waals surface area contributed by atoms with Crippen LogP contribution in [0.2, 0.25) is 5.28 Å². The lowest BCUT2D eigenvalue weighted by molar-refractivity contribution is 0.0240. The van der Waals surface area contributed by atoms with Crippen LogP contribution in [-0.2, 0) is 11.2 Å². The molecule has 136 valence electrons. The van der Waals surface area contributed by atoms with Crippen molar-refractivity contribution in [3.05, 3.63) is 16.5 Å². The summed E-state index contributed by atoms with van der Waals surface area (Å²) in [4.78, 5) is 36.6. The fourth-order valence-corrected chi connectivity index (χ4v) is 3.30. The second-order valence-corrected chi connectivity index (χ2v) is 7.71. The molecule has 7 nitrogen and oxygen atoms in total. The summed E-state index contributed by atoms with van der Waals surface area (Å²) in [5.41, 5.74) is 0.829. The zero-order chi connectivity index (χ0) is 18.2. The maximum atomic E-state index is 12.2. The largest absolute Gasteiger partial charge is 0.444 e. The minimum Gasteiger partial charge on any atom is -0.444 e. The van der Waals surface area contributed by atoms with Crippen molar-refractivity contribution < 1.29 is 14.3 Å². The van der Waals surface area contributed by atoms with Crippen molar-refractivity contribution in [2.24, 2.45) is 0 Å². The number of ether oxygens (including phenoxy) is 1. The molecule has 0 atom stereocenters. The number of piperazine rings is 1. The highest BCUT2D eigenvalue weighted by Gasteiger charge is 2.30. The molecule has 1 amide bonds. The lowest BCUT2D eigenvalue weighted by Gasteiger charge is -2.37. The fraction of sp³-hybridized carbons (Fsp3) is 0.647. The molecule has 3 rings (SSSR count). The van der Waals surface area contributed by atoms with Crippen LogP contribution in [0.3, 0.4) is 0 Å². The molecule has 1 aliphatic carbocycles. The molecule has 8 heteroatoms. The Labute approximate surface area is 152 Å². The first-order chi connectivity index (χ1) is 11.7.